The number of hydrogen-bond donors (Lipinski definition) is 1. The van der Waals surface area contributed by atoms with Gasteiger partial charge in [0, 0.05) is 19.2 Å². The summed E-state index contributed by atoms with van der Waals surface area (Å²) in [5.74, 6) is 0.178. The predicted molar refractivity (Wildman–Crippen MR) is 72.9 cm³/mol. The summed E-state index contributed by atoms with van der Waals surface area (Å²) in [4.78, 5) is 21.7. The highest BCUT2D eigenvalue weighted by Crippen LogP contribution is 2.26. The highest BCUT2D eigenvalue weighted by Gasteiger charge is 2.26. The lowest BCUT2D eigenvalue weighted by Gasteiger charge is -2.31. The molecule has 2 rings (SSSR count). The Hall–Kier alpha value is -1.50. The molecule has 0 saturated carbocycles. The van der Waals surface area contributed by atoms with Crippen molar-refractivity contribution >= 4 is 23.5 Å². The van der Waals surface area contributed by atoms with Gasteiger partial charge >= 0.3 is 5.97 Å². The zero-order chi connectivity index (χ0) is 13.8. The number of thioether (sulfide) groups is 1. The Morgan fingerprint density at radius 1 is 1.58 bits per heavy atom. The number of aromatic nitrogens is 2. The van der Waals surface area contributed by atoms with Gasteiger partial charge in [-0.25, -0.2) is 4.98 Å². The molecular weight excluding hydrogens is 266 g/mol. The van der Waals surface area contributed by atoms with Gasteiger partial charge in [0.15, 0.2) is 5.16 Å². The number of carbonyl (C=O) groups is 1. The van der Waals surface area contributed by atoms with Crippen molar-refractivity contribution in [2.75, 3.05) is 31.4 Å². The monoisotopic (exact) mass is 283 g/mol. The van der Waals surface area contributed by atoms with Crippen LogP contribution >= 0.6 is 11.8 Å². The van der Waals surface area contributed by atoms with E-state index in [0.717, 1.165) is 25.2 Å². The first-order chi connectivity index (χ1) is 9.13. The van der Waals surface area contributed by atoms with Crippen molar-refractivity contribution in [3.05, 3.63) is 6.07 Å². The number of hydrogen-bond acceptors (Lipinski definition) is 6. The second-order valence-electron chi connectivity index (χ2n) is 4.38. The number of piperidine rings is 1. The van der Waals surface area contributed by atoms with E-state index >= 15 is 0 Å². The molecule has 1 saturated heterocycles. The molecule has 0 bridgehead atoms. The number of carboxylic acids is 1. The molecule has 1 aromatic rings. The van der Waals surface area contributed by atoms with Crippen LogP contribution < -0.4 is 9.64 Å². The average molecular weight is 283 g/mol. The van der Waals surface area contributed by atoms with Crippen LogP contribution in [0.5, 0.6) is 5.88 Å². The van der Waals surface area contributed by atoms with Crippen LogP contribution in [0.2, 0.25) is 0 Å². The molecular formula is C12H17N3O3S. The summed E-state index contributed by atoms with van der Waals surface area (Å²) in [5, 5.41) is 9.75. The highest BCUT2D eigenvalue weighted by atomic mass is 32.2. The summed E-state index contributed by atoms with van der Waals surface area (Å²) in [6.07, 6.45) is 3.48. The SMILES string of the molecule is COc1cc(N2CCC[C@H](C(=O)O)C2)nc(SC)n1. The fourth-order valence-corrected chi connectivity index (χ4v) is 2.50. The highest BCUT2D eigenvalue weighted by molar-refractivity contribution is 7.98. The van der Waals surface area contributed by atoms with Gasteiger partial charge < -0.3 is 14.7 Å². The normalized spacial score (nSPS) is 19.3. The van der Waals surface area contributed by atoms with Gasteiger partial charge in [0.05, 0.1) is 13.0 Å². The van der Waals surface area contributed by atoms with Crippen LogP contribution in [0.15, 0.2) is 11.2 Å². The zero-order valence-electron chi connectivity index (χ0n) is 11.0. The summed E-state index contributed by atoms with van der Waals surface area (Å²) in [6.45, 7) is 1.31. The molecule has 0 spiro atoms. The third-order valence-corrected chi connectivity index (χ3v) is 3.70. The summed E-state index contributed by atoms with van der Waals surface area (Å²) in [5.41, 5.74) is 0. The Morgan fingerprint density at radius 3 is 3.00 bits per heavy atom. The van der Waals surface area contributed by atoms with Crippen LogP contribution in [0.1, 0.15) is 12.8 Å². The lowest BCUT2D eigenvalue weighted by atomic mass is 9.98. The van der Waals surface area contributed by atoms with Crippen LogP contribution in [0.4, 0.5) is 5.82 Å². The molecule has 0 amide bonds. The maximum atomic E-state index is 11.1. The number of aliphatic carboxylic acids is 1. The fourth-order valence-electron chi connectivity index (χ4n) is 2.14. The molecule has 1 aliphatic rings. The molecule has 0 radical (unpaired) electrons. The first kappa shape index (κ1) is 13.9. The molecule has 1 atom stereocenters. The molecule has 1 fully saturated rings. The van der Waals surface area contributed by atoms with E-state index in [-0.39, 0.29) is 5.92 Å². The number of carboxylic acid groups (broad SMARTS) is 1. The third kappa shape index (κ3) is 3.28. The minimum absolute atomic E-state index is 0.326. The first-order valence-electron chi connectivity index (χ1n) is 6.09. The molecule has 0 unspecified atom stereocenters. The van der Waals surface area contributed by atoms with Gasteiger partial charge in [0.1, 0.15) is 5.82 Å². The Balaban J connectivity index is 2.22. The van der Waals surface area contributed by atoms with E-state index in [1.54, 1.807) is 13.2 Å². The maximum Gasteiger partial charge on any atom is 0.308 e. The Bertz CT molecular complexity index is 447. The molecule has 2 heterocycles. The average Bonchev–Trinajstić information content (AvgIpc) is 2.46. The number of rotatable bonds is 4. The van der Waals surface area contributed by atoms with Crippen LogP contribution in [0.25, 0.3) is 0 Å². The molecule has 19 heavy (non-hydrogen) atoms. The van der Waals surface area contributed by atoms with Crippen molar-refractivity contribution in [2.45, 2.75) is 18.0 Å². The summed E-state index contributed by atoms with van der Waals surface area (Å²) < 4.78 is 5.16. The quantitative estimate of drug-likeness (QED) is 0.663. The van der Waals surface area contributed by atoms with Gasteiger partial charge in [-0.15, -0.1) is 0 Å². The topological polar surface area (TPSA) is 75.5 Å². The molecule has 6 nitrogen and oxygen atoms in total. The molecule has 104 valence electrons. The Kier molecular flexibility index (Phi) is 4.47. The molecule has 1 N–H and O–H groups in total. The van der Waals surface area contributed by atoms with Crippen LogP contribution in [-0.4, -0.2) is 47.5 Å². The van der Waals surface area contributed by atoms with Crippen molar-refractivity contribution in [3.63, 3.8) is 0 Å². The summed E-state index contributed by atoms with van der Waals surface area (Å²) >= 11 is 1.44. The minimum atomic E-state index is -0.740. The molecule has 1 aromatic heterocycles. The van der Waals surface area contributed by atoms with Crippen LogP contribution in [0, 0.1) is 5.92 Å². The standard InChI is InChI=1S/C12H17N3O3S/c1-18-10-6-9(13-12(14-10)19-2)15-5-3-4-8(7-15)11(16)17/h6,8H,3-5,7H2,1-2H3,(H,16,17)/t8-/m0/s1. The predicted octanol–water partition coefficient (Wildman–Crippen LogP) is 1.51. The minimum Gasteiger partial charge on any atom is -0.481 e. The third-order valence-electron chi connectivity index (χ3n) is 3.15. The fraction of sp³-hybridized carbons (Fsp3) is 0.583. The summed E-state index contributed by atoms with van der Waals surface area (Å²) in [7, 11) is 1.56. The molecule has 7 heteroatoms. The van der Waals surface area contributed by atoms with Gasteiger partial charge in [-0.2, -0.15) is 4.98 Å². The molecule has 1 aliphatic heterocycles. The van der Waals surface area contributed by atoms with E-state index in [0.29, 0.717) is 17.6 Å². The van der Waals surface area contributed by atoms with Crippen molar-refractivity contribution in [2.24, 2.45) is 5.92 Å². The van der Waals surface area contributed by atoms with E-state index in [1.807, 2.05) is 11.2 Å². The number of methoxy groups -OCH3 is 1. The lowest BCUT2D eigenvalue weighted by Crippen LogP contribution is -2.39. The van der Waals surface area contributed by atoms with Crippen molar-refractivity contribution in [1.29, 1.82) is 0 Å². The molecule has 0 aliphatic carbocycles. The van der Waals surface area contributed by atoms with Gasteiger partial charge in [-0.05, 0) is 19.1 Å². The van der Waals surface area contributed by atoms with E-state index < -0.39 is 5.97 Å². The second kappa shape index (κ2) is 6.10. The lowest BCUT2D eigenvalue weighted by molar-refractivity contribution is -0.141. The van der Waals surface area contributed by atoms with Crippen LogP contribution in [0.3, 0.4) is 0 Å². The number of nitrogens with zero attached hydrogens (tertiary/aromatic N) is 3. The largest absolute Gasteiger partial charge is 0.481 e. The zero-order valence-corrected chi connectivity index (χ0v) is 11.8. The van der Waals surface area contributed by atoms with E-state index in [4.69, 9.17) is 9.84 Å². The summed E-state index contributed by atoms with van der Waals surface area (Å²) in [6, 6.07) is 1.75. The van der Waals surface area contributed by atoms with Crippen molar-refractivity contribution < 1.29 is 14.6 Å². The van der Waals surface area contributed by atoms with Crippen molar-refractivity contribution in [1.82, 2.24) is 9.97 Å². The van der Waals surface area contributed by atoms with Crippen LogP contribution in [-0.2, 0) is 4.79 Å². The van der Waals surface area contributed by atoms with Gasteiger partial charge in [0.2, 0.25) is 5.88 Å². The maximum absolute atomic E-state index is 11.1. The smallest absolute Gasteiger partial charge is 0.308 e. The Morgan fingerprint density at radius 2 is 2.37 bits per heavy atom. The molecule has 0 aromatic carbocycles. The van der Waals surface area contributed by atoms with Gasteiger partial charge in [-0.3, -0.25) is 4.79 Å². The van der Waals surface area contributed by atoms with E-state index in [2.05, 4.69) is 9.97 Å². The van der Waals surface area contributed by atoms with Gasteiger partial charge in [-0.1, -0.05) is 11.8 Å². The van der Waals surface area contributed by atoms with Crippen molar-refractivity contribution in [3.8, 4) is 5.88 Å². The van der Waals surface area contributed by atoms with E-state index in [1.165, 1.54) is 11.8 Å². The van der Waals surface area contributed by atoms with E-state index in [9.17, 15) is 4.79 Å². The van der Waals surface area contributed by atoms with Gasteiger partial charge in [0.25, 0.3) is 0 Å². The second-order valence-corrected chi connectivity index (χ2v) is 5.15. The number of ether oxygens (including phenoxy) is 1. The Labute approximate surface area is 116 Å². The number of anilines is 1. The first-order valence-corrected chi connectivity index (χ1v) is 7.31.